The van der Waals surface area contributed by atoms with Crippen molar-refractivity contribution in [3.63, 3.8) is 0 Å². The molecule has 0 radical (unpaired) electrons. The molecule has 2 N–H and O–H groups in total. The van der Waals surface area contributed by atoms with Crippen LogP contribution in [0.1, 0.15) is 31.2 Å². The van der Waals surface area contributed by atoms with Gasteiger partial charge in [-0.15, -0.1) is 0 Å². The summed E-state index contributed by atoms with van der Waals surface area (Å²) in [6, 6.07) is 7.48. The number of amides is 1. The first kappa shape index (κ1) is 13.7. The zero-order chi connectivity index (χ0) is 13.8. The summed E-state index contributed by atoms with van der Waals surface area (Å²) >= 11 is 6.22. The fourth-order valence-corrected chi connectivity index (χ4v) is 2.89. The van der Waals surface area contributed by atoms with Gasteiger partial charge < -0.3 is 10.6 Å². The summed E-state index contributed by atoms with van der Waals surface area (Å²) in [4.78, 5) is 13.2. The minimum atomic E-state index is -0.368. The van der Waals surface area contributed by atoms with Crippen LogP contribution in [-0.4, -0.2) is 18.5 Å². The summed E-state index contributed by atoms with van der Waals surface area (Å²) in [5.41, 5.74) is 6.63. The first-order valence-electron chi connectivity index (χ1n) is 6.36. The second kappa shape index (κ2) is 5.94. The van der Waals surface area contributed by atoms with E-state index in [1.165, 1.54) is 0 Å². The molecule has 0 aliphatic heterocycles. The van der Waals surface area contributed by atoms with Crippen LogP contribution in [0.5, 0.6) is 0 Å². The van der Waals surface area contributed by atoms with Crippen LogP contribution in [0.2, 0.25) is 5.02 Å². The first-order chi connectivity index (χ1) is 9.11. The van der Waals surface area contributed by atoms with Crippen LogP contribution >= 0.6 is 11.6 Å². The lowest BCUT2D eigenvalue weighted by Gasteiger charge is -2.30. The van der Waals surface area contributed by atoms with E-state index >= 15 is 0 Å². The van der Waals surface area contributed by atoms with Crippen LogP contribution in [0.15, 0.2) is 18.2 Å². The Morgan fingerprint density at radius 2 is 2.16 bits per heavy atom. The molecule has 100 valence electrons. The van der Waals surface area contributed by atoms with E-state index in [-0.39, 0.29) is 12.5 Å². The summed E-state index contributed by atoms with van der Waals surface area (Å²) in [6.07, 6.45) is 4.41. The molecule has 0 aromatic heterocycles. The molecule has 0 heterocycles. The summed E-state index contributed by atoms with van der Waals surface area (Å²) < 4.78 is 0. The zero-order valence-corrected chi connectivity index (χ0v) is 11.4. The summed E-state index contributed by atoms with van der Waals surface area (Å²) in [7, 11) is 0. The third-order valence-electron chi connectivity index (χ3n) is 3.48. The Balaban J connectivity index is 2.31. The van der Waals surface area contributed by atoms with Gasteiger partial charge in [0.1, 0.15) is 0 Å². The molecule has 0 spiro atoms. The predicted octanol–water partition coefficient (Wildman–Crippen LogP) is 2.45. The second-order valence-corrected chi connectivity index (χ2v) is 5.22. The summed E-state index contributed by atoms with van der Waals surface area (Å²) in [6.45, 7) is 0.163. The van der Waals surface area contributed by atoms with Crippen molar-refractivity contribution in [2.75, 3.05) is 11.4 Å². The van der Waals surface area contributed by atoms with Crippen molar-refractivity contribution in [2.45, 2.75) is 31.7 Å². The number of halogens is 1. The van der Waals surface area contributed by atoms with Crippen molar-refractivity contribution < 1.29 is 4.79 Å². The normalized spacial score (nSPS) is 15.2. The number of carbonyl (C=O) groups excluding carboxylic acids is 1. The van der Waals surface area contributed by atoms with E-state index in [0.717, 1.165) is 31.4 Å². The number of hydrogen-bond acceptors (Lipinski definition) is 3. The molecular formula is C14H16ClN3O. The number of nitrogens with zero attached hydrogens (tertiary/aromatic N) is 2. The van der Waals surface area contributed by atoms with Crippen LogP contribution in [-0.2, 0) is 4.79 Å². The maximum absolute atomic E-state index is 11.3. The van der Waals surface area contributed by atoms with Crippen molar-refractivity contribution in [1.82, 2.24) is 0 Å². The molecule has 1 saturated carbocycles. The average Bonchev–Trinajstić information content (AvgIpc) is 2.89. The van der Waals surface area contributed by atoms with Gasteiger partial charge in [-0.2, -0.15) is 5.26 Å². The highest BCUT2D eigenvalue weighted by atomic mass is 35.5. The molecule has 0 saturated heterocycles. The molecule has 19 heavy (non-hydrogen) atoms. The van der Waals surface area contributed by atoms with E-state index in [1.54, 1.807) is 18.2 Å². The van der Waals surface area contributed by atoms with E-state index in [0.29, 0.717) is 16.6 Å². The van der Waals surface area contributed by atoms with Crippen LogP contribution < -0.4 is 10.6 Å². The lowest BCUT2D eigenvalue weighted by Crippen LogP contribution is -2.40. The van der Waals surface area contributed by atoms with Crippen LogP contribution in [0.25, 0.3) is 0 Å². The number of nitriles is 1. The largest absolute Gasteiger partial charge is 0.368 e. The summed E-state index contributed by atoms with van der Waals surface area (Å²) in [5.74, 6) is -0.368. The molecule has 1 amide bonds. The molecular weight excluding hydrogens is 262 g/mol. The average molecular weight is 278 g/mol. The minimum Gasteiger partial charge on any atom is -0.368 e. The molecule has 5 heteroatoms. The smallest absolute Gasteiger partial charge is 0.236 e. The van der Waals surface area contributed by atoms with E-state index in [1.807, 2.05) is 11.0 Å². The van der Waals surface area contributed by atoms with Gasteiger partial charge in [-0.25, -0.2) is 0 Å². The molecule has 1 aliphatic carbocycles. The van der Waals surface area contributed by atoms with Crippen molar-refractivity contribution in [3.05, 3.63) is 28.8 Å². The molecule has 1 aromatic carbocycles. The van der Waals surface area contributed by atoms with Gasteiger partial charge in [-0.05, 0) is 31.0 Å². The topological polar surface area (TPSA) is 70.1 Å². The summed E-state index contributed by atoms with van der Waals surface area (Å²) in [5, 5.41) is 9.34. The van der Waals surface area contributed by atoms with E-state index in [4.69, 9.17) is 22.6 Å². The van der Waals surface area contributed by atoms with E-state index in [9.17, 15) is 4.79 Å². The highest BCUT2D eigenvalue weighted by Gasteiger charge is 2.25. The standard InChI is InChI=1S/C14H16ClN3O/c15-12-7-10(8-16)5-6-13(12)18(9-14(17)19)11-3-1-2-4-11/h5-7,11H,1-4,9H2,(H2,17,19). The minimum absolute atomic E-state index is 0.163. The third kappa shape index (κ3) is 3.18. The number of hydrogen-bond donors (Lipinski definition) is 1. The van der Waals surface area contributed by atoms with Crippen molar-refractivity contribution >= 4 is 23.2 Å². The maximum Gasteiger partial charge on any atom is 0.236 e. The Hall–Kier alpha value is -1.73. The fraction of sp³-hybridized carbons (Fsp3) is 0.429. The van der Waals surface area contributed by atoms with Gasteiger partial charge in [-0.3, -0.25) is 4.79 Å². The van der Waals surface area contributed by atoms with E-state index < -0.39 is 0 Å². The fourth-order valence-electron chi connectivity index (χ4n) is 2.60. The van der Waals surface area contributed by atoms with Crippen LogP contribution in [0, 0.1) is 11.3 Å². The van der Waals surface area contributed by atoms with Crippen molar-refractivity contribution in [1.29, 1.82) is 5.26 Å². The van der Waals surface area contributed by atoms with Crippen LogP contribution in [0.4, 0.5) is 5.69 Å². The van der Waals surface area contributed by atoms with Gasteiger partial charge in [0, 0.05) is 6.04 Å². The molecule has 0 atom stereocenters. The number of primary amides is 1. The van der Waals surface area contributed by atoms with Gasteiger partial charge in [0.15, 0.2) is 0 Å². The van der Waals surface area contributed by atoms with Gasteiger partial charge in [-0.1, -0.05) is 24.4 Å². The highest BCUT2D eigenvalue weighted by Crippen LogP contribution is 2.33. The quantitative estimate of drug-likeness (QED) is 0.919. The molecule has 4 nitrogen and oxygen atoms in total. The third-order valence-corrected chi connectivity index (χ3v) is 3.78. The first-order valence-corrected chi connectivity index (χ1v) is 6.74. The van der Waals surface area contributed by atoms with E-state index in [2.05, 4.69) is 0 Å². The molecule has 1 aliphatic rings. The lowest BCUT2D eigenvalue weighted by atomic mass is 10.1. The number of benzene rings is 1. The van der Waals surface area contributed by atoms with Gasteiger partial charge in [0.2, 0.25) is 5.91 Å². The lowest BCUT2D eigenvalue weighted by molar-refractivity contribution is -0.116. The second-order valence-electron chi connectivity index (χ2n) is 4.81. The Morgan fingerprint density at radius 1 is 1.47 bits per heavy atom. The molecule has 1 aromatic rings. The molecule has 1 fully saturated rings. The predicted molar refractivity (Wildman–Crippen MR) is 75.0 cm³/mol. The number of nitrogens with two attached hydrogens (primary N) is 1. The van der Waals surface area contributed by atoms with Crippen molar-refractivity contribution in [2.24, 2.45) is 5.73 Å². The molecule has 0 bridgehead atoms. The van der Waals surface area contributed by atoms with Gasteiger partial charge in [0.25, 0.3) is 0 Å². The molecule has 2 rings (SSSR count). The van der Waals surface area contributed by atoms with Gasteiger partial charge in [0.05, 0.1) is 28.9 Å². The maximum atomic E-state index is 11.3. The van der Waals surface area contributed by atoms with Crippen LogP contribution in [0.3, 0.4) is 0 Å². The Kier molecular flexibility index (Phi) is 4.28. The zero-order valence-electron chi connectivity index (χ0n) is 10.6. The Morgan fingerprint density at radius 3 is 2.68 bits per heavy atom. The SMILES string of the molecule is N#Cc1ccc(N(CC(N)=O)C2CCCC2)c(Cl)c1. The number of carbonyl (C=O) groups is 1. The highest BCUT2D eigenvalue weighted by molar-refractivity contribution is 6.33. The number of rotatable bonds is 4. The Labute approximate surface area is 117 Å². The monoisotopic (exact) mass is 277 g/mol. The van der Waals surface area contributed by atoms with Gasteiger partial charge >= 0.3 is 0 Å². The van der Waals surface area contributed by atoms with Crippen molar-refractivity contribution in [3.8, 4) is 6.07 Å². The number of anilines is 1. The molecule has 0 unspecified atom stereocenters. The Bertz CT molecular complexity index is 518.